The highest BCUT2D eigenvalue weighted by Gasteiger charge is 2.72. The average molecular weight is 578 g/mol. The van der Waals surface area contributed by atoms with Crippen molar-refractivity contribution in [3.63, 3.8) is 0 Å². The molecule has 0 aliphatic rings. The molecule has 224 valence electrons. The summed E-state index contributed by atoms with van der Waals surface area (Å²) in [6.45, 7) is 3.49. The van der Waals surface area contributed by atoms with E-state index in [0.29, 0.717) is 17.7 Å². The molecule has 1 aromatic carbocycles. The largest absolute Gasteiger partial charge is 0.492 e. The van der Waals surface area contributed by atoms with Crippen molar-refractivity contribution in [3.8, 4) is 5.75 Å². The molecule has 14 heteroatoms. The van der Waals surface area contributed by atoms with Crippen LogP contribution in [0.2, 0.25) is 0 Å². The Morgan fingerprint density at radius 3 is 2.10 bits per heavy atom. The van der Waals surface area contributed by atoms with Crippen LogP contribution in [-0.4, -0.2) is 79.1 Å². The summed E-state index contributed by atoms with van der Waals surface area (Å²) in [6.07, 6.45) is -9.45. The van der Waals surface area contributed by atoms with Crippen molar-refractivity contribution in [1.82, 2.24) is 4.90 Å². The number of alkyl halides is 7. The van der Waals surface area contributed by atoms with Gasteiger partial charge in [-0.25, -0.2) is 9.59 Å². The predicted octanol–water partition coefficient (Wildman–Crippen LogP) is 6.34. The first-order valence-corrected chi connectivity index (χ1v) is 12.5. The standard InChI is InChI=1S/C25H34F7NO6/c1-3-5-15-39-22(36)33(13-7-6-12-23(26,27)24(28,29)25(30,31)32)14-16-38-19-10-8-18(9-11-19)17-20(21(34)35)37-4-2/h8-11,20H,3-7,12-17H2,1-2H3,(H,34,35). The molecule has 0 spiro atoms. The van der Waals surface area contributed by atoms with Crippen LogP contribution in [0.25, 0.3) is 0 Å². The smallest absolute Gasteiger partial charge is 0.459 e. The number of hydrogen-bond acceptors (Lipinski definition) is 5. The van der Waals surface area contributed by atoms with E-state index in [1.54, 1.807) is 31.2 Å². The van der Waals surface area contributed by atoms with Crippen LogP contribution in [0.3, 0.4) is 0 Å². The van der Waals surface area contributed by atoms with E-state index in [-0.39, 0.29) is 45.8 Å². The Labute approximate surface area is 222 Å². The van der Waals surface area contributed by atoms with Crippen molar-refractivity contribution in [2.75, 3.05) is 32.9 Å². The number of ether oxygens (including phenoxy) is 3. The first-order chi connectivity index (χ1) is 18.2. The maximum atomic E-state index is 13.5. The van der Waals surface area contributed by atoms with Crippen molar-refractivity contribution < 1.29 is 59.6 Å². The van der Waals surface area contributed by atoms with E-state index in [1.807, 2.05) is 6.92 Å². The van der Waals surface area contributed by atoms with Gasteiger partial charge in [0.05, 0.1) is 13.2 Å². The molecule has 0 aliphatic heterocycles. The summed E-state index contributed by atoms with van der Waals surface area (Å²) in [5, 5.41) is 9.18. The highest BCUT2D eigenvalue weighted by atomic mass is 19.4. The second-order valence-corrected chi connectivity index (χ2v) is 8.67. The Morgan fingerprint density at radius 2 is 1.56 bits per heavy atom. The first kappa shape index (κ1) is 34.3. The number of carbonyl (C=O) groups is 2. The van der Waals surface area contributed by atoms with Gasteiger partial charge < -0.3 is 24.2 Å². The fourth-order valence-electron chi connectivity index (χ4n) is 3.33. The number of amides is 1. The number of unbranched alkanes of at least 4 members (excludes halogenated alkanes) is 2. The summed E-state index contributed by atoms with van der Waals surface area (Å²) in [6, 6.07) is 6.43. The van der Waals surface area contributed by atoms with Gasteiger partial charge in [0.1, 0.15) is 12.4 Å². The van der Waals surface area contributed by atoms with Gasteiger partial charge in [-0.3, -0.25) is 0 Å². The van der Waals surface area contributed by atoms with Crippen LogP contribution in [0, 0.1) is 0 Å². The molecule has 0 aromatic heterocycles. The number of carboxylic acid groups (broad SMARTS) is 1. The summed E-state index contributed by atoms with van der Waals surface area (Å²) in [7, 11) is 0. The SMILES string of the molecule is CCCCOC(=O)N(CCCCC(F)(F)C(F)(F)C(F)(F)F)CCOc1ccc(CC(OCC)C(=O)O)cc1. The monoisotopic (exact) mass is 577 g/mol. The van der Waals surface area contributed by atoms with Gasteiger partial charge in [0.2, 0.25) is 0 Å². The second kappa shape index (κ2) is 15.7. The molecule has 0 fully saturated rings. The third-order valence-electron chi connectivity index (χ3n) is 5.58. The average Bonchev–Trinajstić information content (AvgIpc) is 2.85. The van der Waals surface area contributed by atoms with E-state index in [4.69, 9.17) is 14.2 Å². The summed E-state index contributed by atoms with van der Waals surface area (Å²) >= 11 is 0. The van der Waals surface area contributed by atoms with Gasteiger partial charge in [-0.15, -0.1) is 0 Å². The number of carbonyl (C=O) groups excluding carboxylic acids is 1. The predicted molar refractivity (Wildman–Crippen MR) is 126 cm³/mol. The minimum absolute atomic E-state index is 0.0682. The van der Waals surface area contributed by atoms with Gasteiger partial charge in [-0.05, 0) is 43.9 Å². The van der Waals surface area contributed by atoms with Crippen molar-refractivity contribution in [2.24, 2.45) is 0 Å². The van der Waals surface area contributed by atoms with Crippen LogP contribution in [0.15, 0.2) is 24.3 Å². The maximum absolute atomic E-state index is 13.5. The van der Waals surface area contributed by atoms with Crippen LogP contribution in [-0.2, 0) is 20.7 Å². The molecular formula is C25H34F7NO6. The molecule has 1 aromatic rings. The Morgan fingerprint density at radius 1 is 0.923 bits per heavy atom. The first-order valence-electron chi connectivity index (χ1n) is 12.5. The van der Waals surface area contributed by atoms with Gasteiger partial charge in [-0.2, -0.15) is 30.7 Å². The number of aliphatic carboxylic acids is 1. The number of hydrogen-bond donors (Lipinski definition) is 1. The zero-order chi connectivity index (χ0) is 29.7. The number of nitrogens with zero attached hydrogens (tertiary/aromatic N) is 1. The number of rotatable bonds is 18. The Bertz CT molecular complexity index is 881. The highest BCUT2D eigenvalue weighted by Crippen LogP contribution is 2.48. The highest BCUT2D eigenvalue weighted by molar-refractivity contribution is 5.72. The van der Waals surface area contributed by atoms with E-state index >= 15 is 0 Å². The van der Waals surface area contributed by atoms with Gasteiger partial charge in [0.25, 0.3) is 0 Å². The maximum Gasteiger partial charge on any atom is 0.459 e. The molecule has 7 nitrogen and oxygen atoms in total. The second-order valence-electron chi connectivity index (χ2n) is 8.67. The van der Waals surface area contributed by atoms with Crippen molar-refractivity contribution in [3.05, 3.63) is 29.8 Å². The lowest BCUT2D eigenvalue weighted by Gasteiger charge is -2.28. The van der Waals surface area contributed by atoms with Crippen LogP contribution in [0.5, 0.6) is 5.75 Å². The van der Waals surface area contributed by atoms with Gasteiger partial charge >= 0.3 is 30.1 Å². The summed E-state index contributed by atoms with van der Waals surface area (Å²) in [5.41, 5.74) is 0.678. The Kier molecular flexibility index (Phi) is 13.8. The molecule has 0 saturated heterocycles. The van der Waals surface area contributed by atoms with Crippen molar-refractivity contribution in [1.29, 1.82) is 0 Å². The van der Waals surface area contributed by atoms with Crippen molar-refractivity contribution in [2.45, 2.75) is 76.5 Å². The number of carboxylic acids is 1. The molecule has 0 heterocycles. The molecule has 1 amide bonds. The van der Waals surface area contributed by atoms with E-state index in [0.717, 1.165) is 11.3 Å². The normalized spacial score (nSPS) is 13.2. The van der Waals surface area contributed by atoms with Crippen LogP contribution in [0.4, 0.5) is 35.5 Å². The molecule has 0 bridgehead atoms. The molecule has 1 atom stereocenters. The minimum Gasteiger partial charge on any atom is -0.492 e. The topological polar surface area (TPSA) is 85.3 Å². The fraction of sp³-hybridized carbons (Fsp3) is 0.680. The molecule has 1 N–H and O–H groups in total. The van der Waals surface area contributed by atoms with E-state index in [2.05, 4.69) is 0 Å². The third kappa shape index (κ3) is 11.1. The summed E-state index contributed by atoms with van der Waals surface area (Å²) in [4.78, 5) is 24.7. The minimum atomic E-state index is -6.39. The zero-order valence-corrected chi connectivity index (χ0v) is 21.7. The van der Waals surface area contributed by atoms with E-state index in [1.165, 1.54) is 0 Å². The molecule has 1 unspecified atom stereocenters. The lowest BCUT2D eigenvalue weighted by Crippen LogP contribution is -2.51. The molecule has 0 saturated carbocycles. The molecule has 0 radical (unpaired) electrons. The molecule has 1 rings (SSSR count). The van der Waals surface area contributed by atoms with Crippen LogP contribution >= 0.6 is 0 Å². The molecule has 39 heavy (non-hydrogen) atoms. The molecular weight excluding hydrogens is 543 g/mol. The van der Waals surface area contributed by atoms with Gasteiger partial charge in [0.15, 0.2) is 6.10 Å². The quantitative estimate of drug-likeness (QED) is 0.162. The number of benzene rings is 1. The Balaban J connectivity index is 2.68. The lowest BCUT2D eigenvalue weighted by molar-refractivity contribution is -0.355. The van der Waals surface area contributed by atoms with Crippen molar-refractivity contribution >= 4 is 12.1 Å². The zero-order valence-electron chi connectivity index (χ0n) is 21.7. The third-order valence-corrected chi connectivity index (χ3v) is 5.58. The van der Waals surface area contributed by atoms with Crippen LogP contribution in [0.1, 0.15) is 51.5 Å². The Hall–Kier alpha value is -2.77. The fourth-order valence-corrected chi connectivity index (χ4v) is 3.33. The number of halogens is 7. The molecule has 0 aliphatic carbocycles. The summed E-state index contributed by atoms with van der Waals surface area (Å²) < 4.78 is 106. The van der Waals surface area contributed by atoms with Crippen LogP contribution < -0.4 is 4.74 Å². The lowest BCUT2D eigenvalue weighted by atomic mass is 10.0. The van der Waals surface area contributed by atoms with E-state index in [9.17, 15) is 45.4 Å². The van der Waals surface area contributed by atoms with E-state index < -0.39 is 49.0 Å². The van der Waals surface area contributed by atoms with Gasteiger partial charge in [0, 0.05) is 26.0 Å². The van der Waals surface area contributed by atoms with Gasteiger partial charge in [-0.1, -0.05) is 25.5 Å². The summed E-state index contributed by atoms with van der Waals surface area (Å²) in [5.74, 6) is -12.2.